The third kappa shape index (κ3) is 2.46. The molecule has 0 aliphatic rings. The summed E-state index contributed by atoms with van der Waals surface area (Å²) in [6.45, 7) is 5.67. The zero-order chi connectivity index (χ0) is 8.85. The lowest BCUT2D eigenvalue weighted by molar-refractivity contribution is 1.09. The predicted molar refractivity (Wildman–Crippen MR) is 46.5 cm³/mol. The molecule has 0 saturated heterocycles. The summed E-state index contributed by atoms with van der Waals surface area (Å²) in [5.74, 6) is 0. The molecule has 0 aromatic carbocycles. The first-order chi connectivity index (χ1) is 5.17. The van der Waals surface area contributed by atoms with E-state index in [1.54, 1.807) is 6.92 Å². The fourth-order valence-electron chi connectivity index (χ4n) is 0.938. The number of rotatable bonds is 2. The first kappa shape index (κ1) is 9.77. The molecule has 2 heteroatoms. The van der Waals surface area contributed by atoms with Crippen LogP contribution in [-0.2, 0) is 0 Å². The van der Waals surface area contributed by atoms with E-state index < -0.39 is 0 Å². The van der Waals surface area contributed by atoms with Crippen molar-refractivity contribution in [3.8, 4) is 6.07 Å². The lowest BCUT2D eigenvalue weighted by Gasteiger charge is -2.02. The van der Waals surface area contributed by atoms with E-state index in [9.17, 15) is 0 Å². The van der Waals surface area contributed by atoms with Gasteiger partial charge in [-0.25, -0.2) is 0 Å². The summed E-state index contributed by atoms with van der Waals surface area (Å²) >= 11 is 0. The van der Waals surface area contributed by atoms with Crippen molar-refractivity contribution in [1.29, 1.82) is 5.26 Å². The highest BCUT2D eigenvalue weighted by Crippen LogP contribution is 2.14. The predicted octanol–water partition coefficient (Wildman–Crippen LogP) is 2.10. The Morgan fingerprint density at radius 2 is 2.18 bits per heavy atom. The molecule has 0 bridgehead atoms. The van der Waals surface area contributed by atoms with Crippen molar-refractivity contribution in [1.82, 2.24) is 0 Å². The van der Waals surface area contributed by atoms with Gasteiger partial charge >= 0.3 is 0 Å². The number of allylic oxidation sites excluding steroid dienone is 4. The number of nitrogens with zero attached hydrogens (tertiary/aromatic N) is 1. The molecule has 0 atom stereocenters. The van der Waals surface area contributed by atoms with Crippen LogP contribution in [0.25, 0.3) is 0 Å². The van der Waals surface area contributed by atoms with Crippen LogP contribution in [0.1, 0.15) is 27.2 Å². The van der Waals surface area contributed by atoms with Crippen LogP contribution in [0.15, 0.2) is 22.9 Å². The average molecular weight is 150 g/mol. The summed E-state index contributed by atoms with van der Waals surface area (Å²) < 4.78 is 0. The van der Waals surface area contributed by atoms with E-state index in [2.05, 4.69) is 6.07 Å². The highest BCUT2D eigenvalue weighted by atomic mass is 14.6. The molecule has 0 aromatic heterocycles. The van der Waals surface area contributed by atoms with E-state index in [0.29, 0.717) is 11.3 Å². The molecule has 2 N–H and O–H groups in total. The Hall–Kier alpha value is -1.23. The standard InChI is InChI=1S/C9H14N2/c1-4-8(5-2)9(6-10)7(3)11/h4H,5,11H2,1-3H3. The third-order valence-corrected chi connectivity index (χ3v) is 1.56. The van der Waals surface area contributed by atoms with E-state index in [4.69, 9.17) is 11.0 Å². The van der Waals surface area contributed by atoms with Crippen LogP contribution >= 0.6 is 0 Å². The minimum Gasteiger partial charge on any atom is -0.401 e. The molecular weight excluding hydrogens is 136 g/mol. The second-order valence-electron chi connectivity index (χ2n) is 2.34. The highest BCUT2D eigenvalue weighted by molar-refractivity contribution is 5.43. The van der Waals surface area contributed by atoms with Gasteiger partial charge in [0.2, 0.25) is 0 Å². The van der Waals surface area contributed by atoms with E-state index in [-0.39, 0.29) is 0 Å². The highest BCUT2D eigenvalue weighted by Gasteiger charge is 2.02. The van der Waals surface area contributed by atoms with E-state index in [1.165, 1.54) is 0 Å². The molecule has 2 nitrogen and oxygen atoms in total. The third-order valence-electron chi connectivity index (χ3n) is 1.56. The molecule has 0 rings (SSSR count). The van der Waals surface area contributed by atoms with E-state index >= 15 is 0 Å². The van der Waals surface area contributed by atoms with E-state index in [1.807, 2.05) is 19.9 Å². The van der Waals surface area contributed by atoms with Gasteiger partial charge in [0.05, 0.1) is 5.57 Å². The second-order valence-corrected chi connectivity index (χ2v) is 2.34. The van der Waals surface area contributed by atoms with Gasteiger partial charge in [0, 0.05) is 5.70 Å². The second kappa shape index (κ2) is 4.56. The maximum atomic E-state index is 8.70. The molecule has 0 spiro atoms. The number of nitriles is 1. The summed E-state index contributed by atoms with van der Waals surface area (Å²) in [6.07, 6.45) is 2.78. The fraction of sp³-hybridized carbons (Fsp3) is 0.444. The fourth-order valence-corrected chi connectivity index (χ4v) is 0.938. The summed E-state index contributed by atoms with van der Waals surface area (Å²) in [7, 11) is 0. The minimum atomic E-state index is 0.599. The van der Waals surface area contributed by atoms with Crippen LogP contribution in [0.2, 0.25) is 0 Å². The van der Waals surface area contributed by atoms with Crippen molar-refractivity contribution in [2.24, 2.45) is 5.73 Å². The zero-order valence-electron chi connectivity index (χ0n) is 7.31. The quantitative estimate of drug-likeness (QED) is 0.484. The van der Waals surface area contributed by atoms with Crippen LogP contribution in [0.5, 0.6) is 0 Å². The van der Waals surface area contributed by atoms with E-state index in [0.717, 1.165) is 12.0 Å². The smallest absolute Gasteiger partial charge is 0.101 e. The maximum Gasteiger partial charge on any atom is 0.101 e. The van der Waals surface area contributed by atoms with Gasteiger partial charge in [-0.2, -0.15) is 5.26 Å². The Morgan fingerprint density at radius 1 is 1.64 bits per heavy atom. The largest absolute Gasteiger partial charge is 0.401 e. The molecule has 0 amide bonds. The van der Waals surface area contributed by atoms with Crippen LogP contribution in [0.3, 0.4) is 0 Å². The van der Waals surface area contributed by atoms with Crippen LogP contribution < -0.4 is 5.73 Å². The molecule has 60 valence electrons. The Balaban J connectivity index is 4.84. The van der Waals surface area contributed by atoms with Crippen molar-refractivity contribution >= 4 is 0 Å². The van der Waals surface area contributed by atoms with Gasteiger partial charge in [0.15, 0.2) is 0 Å². The van der Waals surface area contributed by atoms with Gasteiger partial charge in [-0.1, -0.05) is 13.0 Å². The minimum absolute atomic E-state index is 0.599. The Kier molecular flexibility index (Phi) is 4.05. The van der Waals surface area contributed by atoms with Gasteiger partial charge in [-0.3, -0.25) is 0 Å². The molecule has 0 aromatic rings. The summed E-state index contributed by atoms with van der Waals surface area (Å²) in [4.78, 5) is 0. The van der Waals surface area contributed by atoms with Crippen molar-refractivity contribution in [2.45, 2.75) is 27.2 Å². The molecule has 0 radical (unpaired) electrons. The number of hydrogen-bond donors (Lipinski definition) is 1. The Labute approximate surface area is 68.0 Å². The van der Waals surface area contributed by atoms with Gasteiger partial charge in [0.1, 0.15) is 6.07 Å². The molecule has 0 aliphatic heterocycles. The maximum absolute atomic E-state index is 8.70. The van der Waals surface area contributed by atoms with Gasteiger partial charge in [-0.05, 0) is 25.8 Å². The average Bonchev–Trinajstić information content (AvgIpc) is 1.99. The normalized spacial score (nSPS) is 13.8. The molecule has 0 saturated carbocycles. The van der Waals surface area contributed by atoms with Crippen molar-refractivity contribution in [3.63, 3.8) is 0 Å². The Bertz CT molecular complexity index is 224. The first-order valence-electron chi connectivity index (χ1n) is 3.69. The Morgan fingerprint density at radius 3 is 2.27 bits per heavy atom. The van der Waals surface area contributed by atoms with Crippen molar-refractivity contribution in [3.05, 3.63) is 22.9 Å². The van der Waals surface area contributed by atoms with Crippen LogP contribution in [-0.4, -0.2) is 0 Å². The number of nitrogens with two attached hydrogens (primary N) is 1. The first-order valence-corrected chi connectivity index (χ1v) is 3.69. The van der Waals surface area contributed by atoms with Crippen molar-refractivity contribution in [2.75, 3.05) is 0 Å². The van der Waals surface area contributed by atoms with Gasteiger partial charge in [-0.15, -0.1) is 0 Å². The summed E-state index contributed by atoms with van der Waals surface area (Å²) in [5.41, 5.74) is 7.76. The monoisotopic (exact) mass is 150 g/mol. The molecule has 11 heavy (non-hydrogen) atoms. The summed E-state index contributed by atoms with van der Waals surface area (Å²) in [5, 5.41) is 8.70. The van der Waals surface area contributed by atoms with Crippen LogP contribution in [0, 0.1) is 11.3 Å². The molecular formula is C9H14N2. The summed E-state index contributed by atoms with van der Waals surface area (Å²) in [6, 6.07) is 2.09. The molecule has 0 fully saturated rings. The molecule has 0 unspecified atom stereocenters. The van der Waals surface area contributed by atoms with Gasteiger partial charge in [0.25, 0.3) is 0 Å². The van der Waals surface area contributed by atoms with Gasteiger partial charge < -0.3 is 5.73 Å². The SMILES string of the molecule is CC=C(CC)C(C#N)=C(C)N. The molecule has 0 heterocycles. The number of hydrogen-bond acceptors (Lipinski definition) is 2. The lowest BCUT2D eigenvalue weighted by atomic mass is 10.0. The lowest BCUT2D eigenvalue weighted by Crippen LogP contribution is -1.98. The van der Waals surface area contributed by atoms with Crippen LogP contribution in [0.4, 0.5) is 0 Å². The topological polar surface area (TPSA) is 49.8 Å². The molecule has 0 aliphatic carbocycles. The zero-order valence-corrected chi connectivity index (χ0v) is 7.31. The van der Waals surface area contributed by atoms with Crippen molar-refractivity contribution < 1.29 is 0 Å².